The number of nitrogens with zero attached hydrogens (tertiary/aromatic N) is 3. The summed E-state index contributed by atoms with van der Waals surface area (Å²) >= 11 is 0. The molecule has 162 valence electrons. The molecule has 0 unspecified atom stereocenters. The highest BCUT2D eigenvalue weighted by atomic mass is 16.4. The van der Waals surface area contributed by atoms with Crippen LogP contribution in [0.4, 0.5) is 0 Å². The molecule has 6 nitrogen and oxygen atoms in total. The van der Waals surface area contributed by atoms with Crippen molar-refractivity contribution in [2.45, 2.75) is 40.7 Å². The zero-order valence-electron chi connectivity index (χ0n) is 18.8. The van der Waals surface area contributed by atoms with Gasteiger partial charge in [0.1, 0.15) is 22.7 Å². The number of hydrogen-bond donors (Lipinski definition) is 1. The Morgan fingerprint density at radius 2 is 1.87 bits per heavy atom. The van der Waals surface area contributed by atoms with Gasteiger partial charge in [0.25, 0.3) is 0 Å². The fraction of sp³-hybridized carbons (Fsp3) is 0.360. The molecule has 2 heterocycles. The monoisotopic (exact) mass is 419 g/mol. The number of rotatable bonds is 6. The summed E-state index contributed by atoms with van der Waals surface area (Å²) in [5.74, 6) is 0.811. The predicted molar refractivity (Wildman–Crippen MR) is 125 cm³/mol. The molecule has 0 amide bonds. The van der Waals surface area contributed by atoms with E-state index in [0.717, 1.165) is 40.6 Å². The molecule has 2 aromatic carbocycles. The van der Waals surface area contributed by atoms with Gasteiger partial charge >= 0.3 is 5.63 Å². The van der Waals surface area contributed by atoms with Crippen LogP contribution in [0, 0.1) is 6.92 Å². The zero-order valence-corrected chi connectivity index (χ0v) is 18.8. The van der Waals surface area contributed by atoms with Gasteiger partial charge in [0.15, 0.2) is 0 Å². The number of phenols is 1. The van der Waals surface area contributed by atoms with E-state index in [4.69, 9.17) is 9.40 Å². The second-order valence-electron chi connectivity index (χ2n) is 7.93. The van der Waals surface area contributed by atoms with Crippen molar-refractivity contribution in [3.8, 4) is 17.1 Å². The molecule has 6 heteroatoms. The Morgan fingerprint density at radius 3 is 2.52 bits per heavy atom. The van der Waals surface area contributed by atoms with Crippen molar-refractivity contribution in [2.24, 2.45) is 7.05 Å². The molecular weight excluding hydrogens is 390 g/mol. The third-order valence-electron chi connectivity index (χ3n) is 6.27. The van der Waals surface area contributed by atoms with Gasteiger partial charge in [-0.25, -0.2) is 9.78 Å². The third kappa shape index (κ3) is 3.41. The highest BCUT2D eigenvalue weighted by molar-refractivity contribution is 5.91. The first-order valence-corrected chi connectivity index (χ1v) is 10.9. The molecule has 4 aromatic rings. The first kappa shape index (κ1) is 21.1. The second kappa shape index (κ2) is 8.19. The van der Waals surface area contributed by atoms with E-state index in [9.17, 15) is 9.90 Å². The van der Waals surface area contributed by atoms with E-state index >= 15 is 0 Å². The van der Waals surface area contributed by atoms with Crippen LogP contribution in [0.15, 0.2) is 39.5 Å². The maximum atomic E-state index is 13.2. The molecule has 0 aliphatic carbocycles. The summed E-state index contributed by atoms with van der Waals surface area (Å²) < 4.78 is 7.81. The van der Waals surface area contributed by atoms with Crippen molar-refractivity contribution in [1.29, 1.82) is 0 Å². The minimum Gasteiger partial charge on any atom is -0.507 e. The van der Waals surface area contributed by atoms with Crippen molar-refractivity contribution < 1.29 is 9.52 Å². The summed E-state index contributed by atoms with van der Waals surface area (Å²) in [5, 5.41) is 11.8. The van der Waals surface area contributed by atoms with Crippen LogP contribution in [-0.4, -0.2) is 32.6 Å². The van der Waals surface area contributed by atoms with Crippen LogP contribution >= 0.6 is 0 Å². The summed E-state index contributed by atoms with van der Waals surface area (Å²) in [5.41, 5.74) is 4.63. The van der Waals surface area contributed by atoms with E-state index in [2.05, 4.69) is 18.7 Å². The predicted octanol–water partition coefficient (Wildman–Crippen LogP) is 4.76. The lowest BCUT2D eigenvalue weighted by Gasteiger charge is -2.21. The zero-order chi connectivity index (χ0) is 22.3. The van der Waals surface area contributed by atoms with Gasteiger partial charge in [0.05, 0.1) is 16.6 Å². The van der Waals surface area contributed by atoms with Gasteiger partial charge in [-0.3, -0.25) is 4.90 Å². The summed E-state index contributed by atoms with van der Waals surface area (Å²) in [6, 6.07) is 9.76. The van der Waals surface area contributed by atoms with Gasteiger partial charge in [-0.2, -0.15) is 0 Å². The molecule has 0 radical (unpaired) electrons. The lowest BCUT2D eigenvalue weighted by atomic mass is 9.97. The first-order valence-electron chi connectivity index (χ1n) is 10.9. The van der Waals surface area contributed by atoms with Crippen LogP contribution in [0.5, 0.6) is 5.75 Å². The molecule has 0 aliphatic heterocycles. The molecule has 31 heavy (non-hydrogen) atoms. The molecule has 0 saturated carbocycles. The minimum absolute atomic E-state index is 0.222. The van der Waals surface area contributed by atoms with Crippen molar-refractivity contribution in [1.82, 2.24) is 14.5 Å². The number of aromatic hydroxyl groups is 1. The summed E-state index contributed by atoms with van der Waals surface area (Å²) in [6.07, 6.45) is 0.688. The highest BCUT2D eigenvalue weighted by Crippen LogP contribution is 2.36. The number of phenolic OH excluding ortho intramolecular Hbond substituents is 1. The van der Waals surface area contributed by atoms with Crippen molar-refractivity contribution >= 4 is 22.0 Å². The molecule has 0 fully saturated rings. The average molecular weight is 420 g/mol. The third-order valence-corrected chi connectivity index (χ3v) is 6.27. The van der Waals surface area contributed by atoms with E-state index in [1.807, 2.05) is 55.8 Å². The Labute approximate surface area is 181 Å². The normalized spacial score (nSPS) is 11.8. The van der Waals surface area contributed by atoms with Crippen LogP contribution in [-0.2, 0) is 20.0 Å². The lowest BCUT2D eigenvalue weighted by molar-refractivity contribution is 0.290. The Kier molecular flexibility index (Phi) is 5.58. The summed E-state index contributed by atoms with van der Waals surface area (Å²) in [6.45, 7) is 10.3. The molecule has 0 atom stereocenters. The van der Waals surface area contributed by atoms with Crippen LogP contribution in [0.3, 0.4) is 0 Å². The van der Waals surface area contributed by atoms with E-state index in [-0.39, 0.29) is 5.75 Å². The lowest BCUT2D eigenvalue weighted by Crippen LogP contribution is -2.23. The number of para-hydroxylation sites is 2. The van der Waals surface area contributed by atoms with Gasteiger partial charge in [-0.05, 0) is 55.8 Å². The number of benzene rings is 2. The quantitative estimate of drug-likeness (QED) is 0.456. The molecule has 0 spiro atoms. The van der Waals surface area contributed by atoms with Gasteiger partial charge in [-0.1, -0.05) is 32.9 Å². The van der Waals surface area contributed by atoms with Crippen molar-refractivity contribution in [2.75, 3.05) is 13.1 Å². The maximum absolute atomic E-state index is 13.2. The number of imidazole rings is 1. The van der Waals surface area contributed by atoms with E-state index in [1.165, 1.54) is 0 Å². The van der Waals surface area contributed by atoms with E-state index in [0.29, 0.717) is 35.5 Å². The second-order valence-corrected chi connectivity index (χ2v) is 7.93. The van der Waals surface area contributed by atoms with E-state index < -0.39 is 5.63 Å². The Morgan fingerprint density at radius 1 is 1.16 bits per heavy atom. The Balaban J connectivity index is 2.03. The Hall–Kier alpha value is -3.12. The van der Waals surface area contributed by atoms with Gasteiger partial charge in [-0.15, -0.1) is 0 Å². The van der Waals surface area contributed by atoms with Gasteiger partial charge in [0.2, 0.25) is 0 Å². The number of fused-ring (bicyclic) bond motifs is 2. The molecule has 4 rings (SSSR count). The number of aryl methyl sites for hydroxylation is 3. The fourth-order valence-corrected chi connectivity index (χ4v) is 4.31. The number of hydrogen-bond acceptors (Lipinski definition) is 5. The van der Waals surface area contributed by atoms with Gasteiger partial charge in [0, 0.05) is 19.0 Å². The summed E-state index contributed by atoms with van der Waals surface area (Å²) in [7, 11) is 1.91. The van der Waals surface area contributed by atoms with Gasteiger partial charge < -0.3 is 14.1 Å². The molecule has 0 aliphatic rings. The molecule has 1 N–H and O–H groups in total. The molecule has 2 aromatic heterocycles. The molecule has 0 bridgehead atoms. The standard InChI is InChI=1S/C25H29N3O3/c1-6-16-13-17-15(4)21(24-26-19-11-9-10-12-20(19)27(24)5)25(30)31-23(17)18(22(16)29)14-28(7-2)8-3/h9-13,29H,6-8,14H2,1-5H3. The van der Waals surface area contributed by atoms with Crippen LogP contribution < -0.4 is 5.63 Å². The highest BCUT2D eigenvalue weighted by Gasteiger charge is 2.23. The smallest absolute Gasteiger partial charge is 0.347 e. The van der Waals surface area contributed by atoms with Crippen molar-refractivity contribution in [3.63, 3.8) is 0 Å². The fourth-order valence-electron chi connectivity index (χ4n) is 4.31. The molecular formula is C25H29N3O3. The Bertz CT molecular complexity index is 1330. The topological polar surface area (TPSA) is 71.5 Å². The van der Waals surface area contributed by atoms with Crippen molar-refractivity contribution in [3.05, 3.63) is 57.4 Å². The first-order chi connectivity index (χ1) is 14.9. The van der Waals surface area contributed by atoms with E-state index in [1.54, 1.807) is 0 Å². The summed E-state index contributed by atoms with van der Waals surface area (Å²) in [4.78, 5) is 20.1. The maximum Gasteiger partial charge on any atom is 0.347 e. The largest absolute Gasteiger partial charge is 0.507 e. The minimum atomic E-state index is -0.437. The van der Waals surface area contributed by atoms with Crippen LogP contribution in [0.1, 0.15) is 37.5 Å². The average Bonchev–Trinajstić information content (AvgIpc) is 3.09. The SMILES string of the molecule is CCc1cc2c(C)c(-c3nc4ccccc4n3C)c(=O)oc2c(CN(CC)CC)c1O. The van der Waals surface area contributed by atoms with Crippen LogP contribution in [0.2, 0.25) is 0 Å². The number of aromatic nitrogens is 2. The van der Waals surface area contributed by atoms with Crippen LogP contribution in [0.25, 0.3) is 33.4 Å². The molecule has 0 saturated heterocycles.